The summed E-state index contributed by atoms with van der Waals surface area (Å²) in [7, 11) is 0. The van der Waals surface area contributed by atoms with Crippen LogP contribution in [0.2, 0.25) is 0 Å². The van der Waals surface area contributed by atoms with Crippen molar-refractivity contribution >= 4 is 27.5 Å². The molecule has 0 unspecified atom stereocenters. The quantitative estimate of drug-likeness (QED) is 0.162. The summed E-state index contributed by atoms with van der Waals surface area (Å²) in [4.78, 5) is 14.1. The number of hydrogen-bond donors (Lipinski definition) is 1. The van der Waals surface area contributed by atoms with Gasteiger partial charge in [-0.25, -0.2) is 4.85 Å². The minimum atomic E-state index is -0.0888. The first-order valence-corrected chi connectivity index (χ1v) is 22.4. The standard InChI is InChI=1S/C61H49N4O.Pt/c1-60(2,3)46-32-42(33-47(38-46)61(4,5)6)43-36-55(64-56(37-43)53-22-12-14-26-58(53)66)45-30-41(39-17-15-18-48(34-39)62-7)29-44(31-45)54-35-40(27-28-63-54)50-23-16-24-52-51-21-11-13-25-57(51)65(59(50)52)49-19-9-8-10-20-49;/h8-30,32-38,66H,1-6H3;/q-1;. The van der Waals surface area contributed by atoms with Crippen LogP contribution >= 0.6 is 0 Å². The first-order chi connectivity index (χ1) is 31.8. The van der Waals surface area contributed by atoms with Crippen molar-refractivity contribution in [1.29, 1.82) is 0 Å². The number of aromatic hydroxyl groups is 1. The van der Waals surface area contributed by atoms with Crippen LogP contribution in [0.25, 0.3) is 99.5 Å². The fourth-order valence-corrected chi connectivity index (χ4v) is 8.93. The second-order valence-electron chi connectivity index (χ2n) is 19.1. The fraction of sp³-hybridized carbons (Fsp3) is 0.131. The summed E-state index contributed by atoms with van der Waals surface area (Å²) in [5.74, 6) is 0.156. The molecule has 0 radical (unpaired) electrons. The van der Waals surface area contributed by atoms with Crippen molar-refractivity contribution in [2.75, 3.05) is 0 Å². The number of aromatic nitrogens is 3. The third kappa shape index (κ3) is 8.74. The minimum Gasteiger partial charge on any atom is -0.507 e. The third-order valence-electron chi connectivity index (χ3n) is 12.5. The largest absolute Gasteiger partial charge is 0.507 e. The number of para-hydroxylation sites is 4. The summed E-state index contributed by atoms with van der Waals surface area (Å²) < 4.78 is 2.36. The molecule has 0 aliphatic carbocycles. The molecular weight excluding hydrogens is 1000 g/mol. The molecule has 0 aliphatic rings. The van der Waals surface area contributed by atoms with Gasteiger partial charge in [0, 0.05) is 66.2 Å². The molecule has 0 aliphatic heterocycles. The summed E-state index contributed by atoms with van der Waals surface area (Å²) in [6, 6.07) is 64.1. The molecule has 0 atom stereocenters. The summed E-state index contributed by atoms with van der Waals surface area (Å²) in [6.45, 7) is 21.3. The van der Waals surface area contributed by atoms with Crippen molar-refractivity contribution in [2.24, 2.45) is 0 Å². The van der Waals surface area contributed by atoms with Crippen LogP contribution in [0.15, 0.2) is 182 Å². The summed E-state index contributed by atoms with van der Waals surface area (Å²) in [5.41, 5.74) is 16.5. The van der Waals surface area contributed by atoms with Crippen LogP contribution in [0, 0.1) is 12.6 Å². The third-order valence-corrected chi connectivity index (χ3v) is 12.5. The number of nitrogens with zero attached hydrogens (tertiary/aromatic N) is 4. The molecule has 0 spiro atoms. The Labute approximate surface area is 407 Å². The Balaban J connectivity index is 0.00000562. The molecule has 10 aromatic rings. The summed E-state index contributed by atoms with van der Waals surface area (Å²) in [5, 5.41) is 13.6. The van der Waals surface area contributed by atoms with E-state index in [4.69, 9.17) is 16.5 Å². The molecule has 330 valence electrons. The SMILES string of the molecule is [C-]#[N+]c1cccc(-c2cc(-c3cc(-c4cccc5c6ccccc6n(-c6ccccc6)c45)ccn3)[c-]c(-c3cc(-c4cc(C(C)(C)C)cc(C(C)(C)C)c4)cc(-c4ccccc4O)n3)c2)c1.[Pt]. The van der Waals surface area contributed by atoms with Gasteiger partial charge in [0.25, 0.3) is 0 Å². The van der Waals surface area contributed by atoms with E-state index in [9.17, 15) is 5.11 Å². The van der Waals surface area contributed by atoms with Crippen molar-refractivity contribution < 1.29 is 26.2 Å². The number of fused-ring (bicyclic) bond motifs is 3. The van der Waals surface area contributed by atoms with Crippen LogP contribution < -0.4 is 0 Å². The van der Waals surface area contributed by atoms with Gasteiger partial charge in [0.05, 0.1) is 23.3 Å². The van der Waals surface area contributed by atoms with E-state index in [1.807, 2.05) is 48.7 Å². The Morgan fingerprint density at radius 3 is 1.85 bits per heavy atom. The van der Waals surface area contributed by atoms with E-state index < -0.39 is 0 Å². The van der Waals surface area contributed by atoms with E-state index in [2.05, 4.69) is 184 Å². The van der Waals surface area contributed by atoms with Gasteiger partial charge in [0.15, 0.2) is 5.69 Å². The van der Waals surface area contributed by atoms with Gasteiger partial charge in [-0.1, -0.05) is 173 Å². The Hall–Kier alpha value is -7.38. The van der Waals surface area contributed by atoms with Crippen LogP contribution in [0.5, 0.6) is 5.75 Å². The van der Waals surface area contributed by atoms with Gasteiger partial charge in [-0.15, -0.1) is 18.2 Å². The predicted octanol–water partition coefficient (Wildman–Crippen LogP) is 16.2. The van der Waals surface area contributed by atoms with Gasteiger partial charge >= 0.3 is 0 Å². The Kier molecular flexibility index (Phi) is 11.9. The Morgan fingerprint density at radius 1 is 0.522 bits per heavy atom. The van der Waals surface area contributed by atoms with Crippen LogP contribution in [0.4, 0.5) is 5.69 Å². The second kappa shape index (κ2) is 17.8. The molecule has 3 heterocycles. The zero-order valence-electron chi connectivity index (χ0n) is 38.4. The number of pyridine rings is 2. The average molecular weight is 1050 g/mol. The molecule has 10 rings (SSSR count). The van der Waals surface area contributed by atoms with Crippen LogP contribution in [-0.2, 0) is 31.9 Å². The van der Waals surface area contributed by atoms with Gasteiger partial charge in [-0.2, -0.15) is 0 Å². The van der Waals surface area contributed by atoms with E-state index in [0.29, 0.717) is 22.6 Å². The number of phenols is 1. The molecule has 3 aromatic heterocycles. The maximum Gasteiger partial charge on any atom is 0.187 e. The molecule has 0 saturated heterocycles. The van der Waals surface area contributed by atoms with Gasteiger partial charge < -0.3 is 9.67 Å². The number of rotatable bonds is 7. The number of phenolic OH excluding ortho intramolecular Hbond substituents is 1. The Morgan fingerprint density at radius 2 is 1.12 bits per heavy atom. The molecule has 0 fully saturated rings. The summed E-state index contributed by atoms with van der Waals surface area (Å²) in [6.07, 6.45) is 1.88. The van der Waals surface area contributed by atoms with Crippen LogP contribution in [0.1, 0.15) is 52.7 Å². The topological polar surface area (TPSA) is 55.3 Å². The van der Waals surface area contributed by atoms with Crippen LogP contribution in [-0.4, -0.2) is 19.6 Å². The Bertz CT molecular complexity index is 3500. The molecule has 67 heavy (non-hydrogen) atoms. The van der Waals surface area contributed by atoms with Crippen molar-refractivity contribution in [3.05, 3.63) is 211 Å². The van der Waals surface area contributed by atoms with Crippen molar-refractivity contribution in [3.8, 4) is 78.6 Å². The molecule has 0 saturated carbocycles. The summed E-state index contributed by atoms with van der Waals surface area (Å²) >= 11 is 0. The van der Waals surface area contributed by atoms with E-state index in [1.54, 1.807) is 6.07 Å². The first kappa shape index (κ1) is 44.8. The van der Waals surface area contributed by atoms with Gasteiger partial charge in [-0.05, 0) is 92.7 Å². The maximum atomic E-state index is 11.3. The number of hydrogen-bond acceptors (Lipinski definition) is 3. The minimum absolute atomic E-state index is 0. The zero-order valence-corrected chi connectivity index (χ0v) is 40.6. The second-order valence-corrected chi connectivity index (χ2v) is 19.1. The van der Waals surface area contributed by atoms with E-state index in [0.717, 1.165) is 66.9 Å². The van der Waals surface area contributed by atoms with Crippen LogP contribution in [0.3, 0.4) is 0 Å². The van der Waals surface area contributed by atoms with Crippen molar-refractivity contribution in [1.82, 2.24) is 14.5 Å². The van der Waals surface area contributed by atoms with Gasteiger partial charge in [0.2, 0.25) is 0 Å². The smallest absolute Gasteiger partial charge is 0.187 e. The monoisotopic (exact) mass is 1050 g/mol. The molecule has 6 heteroatoms. The molecule has 7 aromatic carbocycles. The normalized spacial score (nSPS) is 11.7. The van der Waals surface area contributed by atoms with Crippen molar-refractivity contribution in [3.63, 3.8) is 0 Å². The number of benzene rings is 7. The predicted molar refractivity (Wildman–Crippen MR) is 273 cm³/mol. The maximum absolute atomic E-state index is 11.3. The van der Waals surface area contributed by atoms with E-state index in [1.165, 1.54) is 21.9 Å². The van der Waals surface area contributed by atoms with Gasteiger partial charge in [-0.3, -0.25) is 9.97 Å². The van der Waals surface area contributed by atoms with E-state index in [-0.39, 0.29) is 37.6 Å². The van der Waals surface area contributed by atoms with E-state index >= 15 is 0 Å². The van der Waals surface area contributed by atoms with Crippen molar-refractivity contribution in [2.45, 2.75) is 52.4 Å². The average Bonchev–Trinajstić information content (AvgIpc) is 3.68. The molecule has 0 amide bonds. The molecule has 1 N–H and O–H groups in total. The molecular formula is C61H49N4OPt-. The fourth-order valence-electron chi connectivity index (χ4n) is 8.93. The van der Waals surface area contributed by atoms with Gasteiger partial charge in [0.1, 0.15) is 5.75 Å². The first-order valence-electron chi connectivity index (χ1n) is 22.4. The molecule has 0 bridgehead atoms. The molecule has 5 nitrogen and oxygen atoms in total. The zero-order chi connectivity index (χ0) is 45.7.